The number of aromatic nitrogens is 1. The minimum Gasteiger partial charge on any atom is -0.298 e. The van der Waals surface area contributed by atoms with Crippen LogP contribution in [-0.4, -0.2) is 37.3 Å². The summed E-state index contributed by atoms with van der Waals surface area (Å²) in [5.41, 5.74) is 3.42. The summed E-state index contributed by atoms with van der Waals surface area (Å²) in [6.07, 6.45) is 2.40. The smallest absolute Gasteiger partial charge is 0.261 e. The minimum absolute atomic E-state index is 0.0305. The van der Waals surface area contributed by atoms with Crippen LogP contribution in [0, 0.1) is 19.8 Å². The molecule has 0 bridgehead atoms. The summed E-state index contributed by atoms with van der Waals surface area (Å²) < 4.78 is 28.3. The fraction of sp³-hybridized carbons (Fsp3) is 0.360. The molecular formula is C25H30N4O3S2. The molecule has 0 atom stereocenters. The lowest BCUT2D eigenvalue weighted by Crippen LogP contribution is -2.32. The molecule has 2 N–H and O–H groups in total. The van der Waals surface area contributed by atoms with Gasteiger partial charge in [0.15, 0.2) is 5.13 Å². The van der Waals surface area contributed by atoms with E-state index >= 15 is 0 Å². The Balaban J connectivity index is 1.45. The first-order valence-electron chi connectivity index (χ1n) is 11.4. The normalized spacial score (nSPS) is 15.3. The van der Waals surface area contributed by atoms with Crippen LogP contribution in [0.15, 0.2) is 52.7 Å². The highest BCUT2D eigenvalue weighted by atomic mass is 32.2. The summed E-state index contributed by atoms with van der Waals surface area (Å²) >= 11 is 1.38. The molecule has 3 aromatic rings. The number of hydrogen-bond acceptors (Lipinski definition) is 6. The van der Waals surface area contributed by atoms with Gasteiger partial charge in [0.05, 0.1) is 10.6 Å². The molecule has 2 heterocycles. The van der Waals surface area contributed by atoms with Gasteiger partial charge in [0.1, 0.15) is 0 Å². The maximum atomic E-state index is 13.0. The van der Waals surface area contributed by atoms with E-state index in [1.54, 1.807) is 25.1 Å². The maximum absolute atomic E-state index is 13.0. The number of rotatable bonds is 7. The molecule has 1 fully saturated rings. The van der Waals surface area contributed by atoms with Crippen molar-refractivity contribution in [2.75, 3.05) is 23.1 Å². The van der Waals surface area contributed by atoms with Crippen molar-refractivity contribution in [3.8, 4) is 0 Å². The molecule has 1 aliphatic rings. The van der Waals surface area contributed by atoms with Crippen LogP contribution >= 0.6 is 11.3 Å². The van der Waals surface area contributed by atoms with Crippen molar-refractivity contribution in [1.82, 2.24) is 9.88 Å². The van der Waals surface area contributed by atoms with Gasteiger partial charge in [-0.05, 0) is 75.5 Å². The number of benzene rings is 2. The molecule has 0 aliphatic carbocycles. The van der Waals surface area contributed by atoms with Gasteiger partial charge < -0.3 is 0 Å². The topological polar surface area (TPSA) is 91.4 Å². The fourth-order valence-corrected chi connectivity index (χ4v) is 5.68. The Bertz CT molecular complexity index is 1260. The van der Waals surface area contributed by atoms with Crippen molar-refractivity contribution in [3.05, 3.63) is 70.2 Å². The average molecular weight is 499 g/mol. The zero-order valence-corrected chi connectivity index (χ0v) is 21.3. The predicted molar refractivity (Wildman–Crippen MR) is 137 cm³/mol. The molecule has 7 nitrogen and oxygen atoms in total. The molecule has 2 aromatic carbocycles. The number of nitrogens with one attached hydrogen (secondary N) is 2. The number of piperidine rings is 1. The number of anilines is 2. The number of carbonyl (C=O) groups is 1. The first kappa shape index (κ1) is 24.4. The summed E-state index contributed by atoms with van der Waals surface area (Å²) in [4.78, 5) is 20.0. The van der Waals surface area contributed by atoms with Crippen LogP contribution in [0.3, 0.4) is 0 Å². The maximum Gasteiger partial charge on any atom is 0.261 e. The van der Waals surface area contributed by atoms with Crippen molar-refractivity contribution in [2.45, 2.75) is 45.1 Å². The molecule has 9 heteroatoms. The summed E-state index contributed by atoms with van der Waals surface area (Å²) in [5, 5.41) is 5.31. The highest BCUT2D eigenvalue weighted by molar-refractivity contribution is 7.92. The number of aryl methyl sites for hydroxylation is 2. The molecule has 0 radical (unpaired) electrons. The number of hydrogen-bond donors (Lipinski definition) is 2. The van der Waals surface area contributed by atoms with E-state index in [1.807, 2.05) is 24.4 Å². The Morgan fingerprint density at radius 3 is 2.53 bits per heavy atom. The Hall–Kier alpha value is -2.75. The lowest BCUT2D eigenvalue weighted by atomic mass is 9.99. The molecule has 180 valence electrons. The van der Waals surface area contributed by atoms with E-state index in [1.165, 1.54) is 36.3 Å². The van der Waals surface area contributed by atoms with Crippen LogP contribution in [-0.2, 0) is 16.6 Å². The monoisotopic (exact) mass is 498 g/mol. The van der Waals surface area contributed by atoms with Gasteiger partial charge in [-0.2, -0.15) is 0 Å². The molecule has 0 spiro atoms. The lowest BCUT2D eigenvalue weighted by Gasteiger charge is -2.29. The van der Waals surface area contributed by atoms with Gasteiger partial charge in [-0.1, -0.05) is 30.7 Å². The van der Waals surface area contributed by atoms with Gasteiger partial charge in [-0.25, -0.2) is 13.4 Å². The first-order valence-corrected chi connectivity index (χ1v) is 13.7. The minimum atomic E-state index is -3.84. The zero-order chi connectivity index (χ0) is 24.3. The van der Waals surface area contributed by atoms with Crippen molar-refractivity contribution in [2.24, 2.45) is 5.92 Å². The molecule has 1 aliphatic heterocycles. The van der Waals surface area contributed by atoms with Crippen LogP contribution in [0.1, 0.15) is 46.9 Å². The van der Waals surface area contributed by atoms with E-state index in [-0.39, 0.29) is 10.8 Å². The number of sulfonamides is 1. The Morgan fingerprint density at radius 1 is 1.12 bits per heavy atom. The molecule has 0 unspecified atom stereocenters. The Kier molecular flexibility index (Phi) is 7.35. The van der Waals surface area contributed by atoms with Crippen molar-refractivity contribution in [3.63, 3.8) is 0 Å². The summed E-state index contributed by atoms with van der Waals surface area (Å²) in [7, 11) is -3.84. The number of carbonyl (C=O) groups excluding carboxylic acids is 1. The second-order valence-electron chi connectivity index (χ2n) is 9.01. The number of thiazole rings is 1. The van der Waals surface area contributed by atoms with E-state index in [0.717, 1.165) is 36.8 Å². The summed E-state index contributed by atoms with van der Waals surface area (Å²) in [5.74, 6) is 0.397. The third-order valence-corrected chi connectivity index (χ3v) is 8.29. The molecule has 1 amide bonds. The second kappa shape index (κ2) is 10.2. The van der Waals surface area contributed by atoms with E-state index in [9.17, 15) is 13.2 Å². The summed E-state index contributed by atoms with van der Waals surface area (Å²) in [6.45, 7) is 8.91. The van der Waals surface area contributed by atoms with E-state index < -0.39 is 10.0 Å². The molecule has 4 rings (SSSR count). The van der Waals surface area contributed by atoms with Gasteiger partial charge in [0.2, 0.25) is 0 Å². The fourth-order valence-electron chi connectivity index (χ4n) is 3.90. The first-order chi connectivity index (χ1) is 16.2. The van der Waals surface area contributed by atoms with Gasteiger partial charge in [0.25, 0.3) is 15.9 Å². The van der Waals surface area contributed by atoms with Gasteiger partial charge >= 0.3 is 0 Å². The lowest BCUT2D eigenvalue weighted by molar-refractivity contribution is 0.102. The molecule has 34 heavy (non-hydrogen) atoms. The molecule has 0 saturated carbocycles. The predicted octanol–water partition coefficient (Wildman–Crippen LogP) is 5.04. The highest BCUT2D eigenvalue weighted by Gasteiger charge is 2.20. The quantitative estimate of drug-likeness (QED) is 0.476. The van der Waals surface area contributed by atoms with Crippen molar-refractivity contribution >= 4 is 38.1 Å². The SMILES string of the molecule is Cc1ccc(NS(=O)(=O)c2ccc(C)c(C(=O)Nc3nc(CN4CCC(C)CC4)cs3)c2)cc1. The van der Waals surface area contributed by atoms with Crippen molar-refractivity contribution < 1.29 is 13.2 Å². The largest absolute Gasteiger partial charge is 0.298 e. The Morgan fingerprint density at radius 2 is 1.82 bits per heavy atom. The van der Waals surface area contributed by atoms with Crippen LogP contribution < -0.4 is 10.0 Å². The van der Waals surface area contributed by atoms with Gasteiger partial charge in [-0.3, -0.25) is 19.7 Å². The van der Waals surface area contributed by atoms with Crippen LogP contribution in [0.5, 0.6) is 0 Å². The Labute approximate surface area is 205 Å². The van der Waals surface area contributed by atoms with E-state index in [2.05, 4.69) is 26.8 Å². The van der Waals surface area contributed by atoms with Gasteiger partial charge in [-0.15, -0.1) is 11.3 Å². The third kappa shape index (κ3) is 6.02. The second-order valence-corrected chi connectivity index (χ2v) is 11.5. The van der Waals surface area contributed by atoms with Gasteiger partial charge in [0, 0.05) is 23.2 Å². The average Bonchev–Trinajstić information content (AvgIpc) is 3.23. The third-order valence-electron chi connectivity index (χ3n) is 6.10. The zero-order valence-electron chi connectivity index (χ0n) is 19.7. The number of likely N-dealkylation sites (tertiary alicyclic amines) is 1. The van der Waals surface area contributed by atoms with Crippen LogP contribution in [0.4, 0.5) is 10.8 Å². The van der Waals surface area contributed by atoms with E-state index in [4.69, 9.17) is 0 Å². The molecule has 1 saturated heterocycles. The van der Waals surface area contributed by atoms with Crippen LogP contribution in [0.2, 0.25) is 0 Å². The molecule has 1 aromatic heterocycles. The number of nitrogens with zero attached hydrogens (tertiary/aromatic N) is 2. The molecular weight excluding hydrogens is 468 g/mol. The number of amides is 1. The van der Waals surface area contributed by atoms with Crippen molar-refractivity contribution in [1.29, 1.82) is 0 Å². The van der Waals surface area contributed by atoms with Crippen LogP contribution in [0.25, 0.3) is 0 Å². The summed E-state index contributed by atoms with van der Waals surface area (Å²) in [6, 6.07) is 11.6. The van der Waals surface area contributed by atoms with E-state index in [0.29, 0.717) is 21.9 Å². The standard InChI is InChI=1S/C25H30N4O3S2/c1-17-4-7-20(8-5-17)28-34(31,32)22-9-6-19(3)23(14-22)24(30)27-25-26-21(16-33-25)15-29-12-10-18(2)11-13-29/h4-9,14,16,18,28H,10-13,15H2,1-3H3,(H,26,27,30). The highest BCUT2D eigenvalue weighted by Crippen LogP contribution is 2.23.